The van der Waals surface area contributed by atoms with E-state index in [1.807, 2.05) is 13.8 Å². The lowest BCUT2D eigenvalue weighted by Gasteiger charge is -2.39. The van der Waals surface area contributed by atoms with Gasteiger partial charge in [0.25, 0.3) is 0 Å². The first-order chi connectivity index (χ1) is 10.2. The third-order valence-electron chi connectivity index (χ3n) is 4.51. The molecule has 2 saturated heterocycles. The molecule has 0 spiro atoms. The lowest BCUT2D eigenvalue weighted by molar-refractivity contribution is -0.150. The Bertz CT molecular complexity index is 367. The molecule has 2 aliphatic heterocycles. The van der Waals surface area contributed by atoms with Gasteiger partial charge in [0.05, 0.1) is 6.10 Å². The number of ether oxygens (including phenoxy) is 1. The average molecular weight is 296 g/mol. The van der Waals surface area contributed by atoms with Crippen molar-refractivity contribution in [3.63, 3.8) is 0 Å². The fraction of sp³-hybridized carbons (Fsp3) is 0.875. The average Bonchev–Trinajstić information content (AvgIpc) is 2.50. The summed E-state index contributed by atoms with van der Waals surface area (Å²) in [5.41, 5.74) is 0. The predicted octanol–water partition coefficient (Wildman–Crippen LogP) is 1.85. The largest absolute Gasteiger partial charge is 0.378 e. The molecule has 2 aliphatic rings. The minimum absolute atomic E-state index is 0.000104. The van der Waals surface area contributed by atoms with Crippen LogP contribution in [-0.2, 0) is 14.3 Å². The quantitative estimate of drug-likeness (QED) is 0.814. The fourth-order valence-electron chi connectivity index (χ4n) is 3.30. The van der Waals surface area contributed by atoms with Crippen molar-refractivity contribution in [2.24, 2.45) is 0 Å². The zero-order valence-corrected chi connectivity index (χ0v) is 13.3. The molecule has 2 rings (SSSR count). The van der Waals surface area contributed by atoms with E-state index >= 15 is 0 Å². The van der Waals surface area contributed by atoms with Gasteiger partial charge in [0.15, 0.2) is 0 Å². The van der Waals surface area contributed by atoms with Crippen molar-refractivity contribution in [3.05, 3.63) is 0 Å². The highest BCUT2D eigenvalue weighted by Crippen LogP contribution is 2.20. The van der Waals surface area contributed by atoms with Crippen LogP contribution < -0.4 is 5.32 Å². The van der Waals surface area contributed by atoms with Gasteiger partial charge < -0.3 is 15.0 Å². The summed E-state index contributed by atoms with van der Waals surface area (Å²) in [5, 5.41) is 2.87. The fourth-order valence-corrected chi connectivity index (χ4v) is 3.30. The van der Waals surface area contributed by atoms with Crippen molar-refractivity contribution in [2.45, 2.75) is 77.0 Å². The second-order valence-corrected chi connectivity index (χ2v) is 6.08. The summed E-state index contributed by atoms with van der Waals surface area (Å²) in [7, 11) is 0. The first-order valence-electron chi connectivity index (χ1n) is 8.39. The van der Waals surface area contributed by atoms with E-state index in [4.69, 9.17) is 4.74 Å². The molecule has 1 N–H and O–H groups in total. The number of nitrogens with one attached hydrogen (secondary N) is 1. The molecule has 5 heteroatoms. The lowest BCUT2D eigenvalue weighted by Crippen LogP contribution is -2.63. The molecule has 0 saturated carbocycles. The summed E-state index contributed by atoms with van der Waals surface area (Å²) in [6.45, 7) is 5.46. The third-order valence-corrected chi connectivity index (χ3v) is 4.51. The zero-order valence-electron chi connectivity index (χ0n) is 13.3. The van der Waals surface area contributed by atoms with Gasteiger partial charge in [0.2, 0.25) is 11.8 Å². The number of carbonyl (C=O) groups is 2. The predicted molar refractivity (Wildman–Crippen MR) is 80.8 cm³/mol. The van der Waals surface area contributed by atoms with Gasteiger partial charge in [-0.15, -0.1) is 0 Å². The first-order valence-corrected chi connectivity index (χ1v) is 8.39. The van der Waals surface area contributed by atoms with Gasteiger partial charge in [-0.2, -0.15) is 0 Å². The Morgan fingerprint density at radius 3 is 2.67 bits per heavy atom. The molecule has 2 fully saturated rings. The minimum Gasteiger partial charge on any atom is -0.378 e. The summed E-state index contributed by atoms with van der Waals surface area (Å²) in [5.74, 6) is 0.0826. The van der Waals surface area contributed by atoms with E-state index in [2.05, 4.69) is 5.32 Å². The molecule has 0 aliphatic carbocycles. The van der Waals surface area contributed by atoms with Gasteiger partial charge >= 0.3 is 0 Å². The molecule has 0 aromatic rings. The van der Waals surface area contributed by atoms with Crippen molar-refractivity contribution in [3.8, 4) is 0 Å². The maximum Gasteiger partial charge on any atom is 0.245 e. The summed E-state index contributed by atoms with van der Waals surface area (Å²) in [6, 6.07) is -0.647. The van der Waals surface area contributed by atoms with Gasteiger partial charge in [0.1, 0.15) is 12.1 Å². The smallest absolute Gasteiger partial charge is 0.245 e. The Morgan fingerprint density at radius 1 is 1.24 bits per heavy atom. The first kappa shape index (κ1) is 16.3. The molecule has 2 heterocycles. The van der Waals surface area contributed by atoms with Crippen LogP contribution in [0.15, 0.2) is 0 Å². The molecule has 2 amide bonds. The second kappa shape index (κ2) is 7.78. The number of nitrogens with zero attached hydrogens (tertiary/aromatic N) is 1. The van der Waals surface area contributed by atoms with Crippen LogP contribution in [0.4, 0.5) is 0 Å². The number of piperazine rings is 1. The normalized spacial score (nSPS) is 30.4. The van der Waals surface area contributed by atoms with E-state index in [9.17, 15) is 9.59 Å². The summed E-state index contributed by atoms with van der Waals surface area (Å²) in [6.07, 6.45) is 6.79. The SMILES string of the molecule is CCCC1NC(=O)C(CC)N(CCC2CCCCO2)C1=O. The van der Waals surface area contributed by atoms with Crippen LogP contribution >= 0.6 is 0 Å². The van der Waals surface area contributed by atoms with Crippen molar-refractivity contribution >= 4 is 11.8 Å². The number of hydrogen-bond acceptors (Lipinski definition) is 3. The third kappa shape index (κ3) is 3.96. The molecular weight excluding hydrogens is 268 g/mol. The number of carbonyl (C=O) groups excluding carboxylic acids is 2. The van der Waals surface area contributed by atoms with Gasteiger partial charge in [-0.05, 0) is 38.5 Å². The summed E-state index contributed by atoms with van der Waals surface area (Å²) >= 11 is 0. The molecule has 5 nitrogen and oxygen atoms in total. The monoisotopic (exact) mass is 296 g/mol. The van der Waals surface area contributed by atoms with E-state index in [0.29, 0.717) is 13.0 Å². The van der Waals surface area contributed by atoms with Crippen molar-refractivity contribution < 1.29 is 14.3 Å². The lowest BCUT2D eigenvalue weighted by atomic mass is 10.00. The molecule has 120 valence electrons. The van der Waals surface area contributed by atoms with Crippen molar-refractivity contribution in [1.82, 2.24) is 10.2 Å². The Balaban J connectivity index is 1.97. The van der Waals surface area contributed by atoms with E-state index in [0.717, 1.165) is 38.7 Å². The molecule has 0 bridgehead atoms. The maximum atomic E-state index is 12.6. The molecule has 0 aromatic heterocycles. The van der Waals surface area contributed by atoms with Crippen molar-refractivity contribution in [2.75, 3.05) is 13.2 Å². The Kier molecular flexibility index (Phi) is 6.03. The van der Waals surface area contributed by atoms with E-state index in [1.165, 1.54) is 6.42 Å². The molecular formula is C16H28N2O3. The number of amides is 2. The van der Waals surface area contributed by atoms with Crippen LogP contribution in [0.3, 0.4) is 0 Å². The van der Waals surface area contributed by atoms with Crippen LogP contribution in [0, 0.1) is 0 Å². The molecule has 3 atom stereocenters. The van der Waals surface area contributed by atoms with E-state index < -0.39 is 0 Å². The number of rotatable bonds is 6. The standard InChI is InChI=1S/C16H28N2O3/c1-3-7-13-16(20)18(14(4-2)15(19)17-13)10-9-12-8-5-6-11-21-12/h12-14H,3-11H2,1-2H3,(H,17,19). The van der Waals surface area contributed by atoms with Crippen molar-refractivity contribution in [1.29, 1.82) is 0 Å². The van der Waals surface area contributed by atoms with Crippen LogP contribution in [0.5, 0.6) is 0 Å². The molecule has 0 aromatic carbocycles. The molecule has 0 radical (unpaired) electrons. The van der Waals surface area contributed by atoms with Gasteiger partial charge in [-0.25, -0.2) is 0 Å². The van der Waals surface area contributed by atoms with Crippen LogP contribution in [0.25, 0.3) is 0 Å². The maximum absolute atomic E-state index is 12.6. The summed E-state index contributed by atoms with van der Waals surface area (Å²) < 4.78 is 5.74. The van der Waals surface area contributed by atoms with Crippen LogP contribution in [-0.4, -0.2) is 48.1 Å². The van der Waals surface area contributed by atoms with E-state index in [1.54, 1.807) is 4.90 Å². The molecule has 3 unspecified atom stereocenters. The highest BCUT2D eigenvalue weighted by molar-refractivity contribution is 5.96. The zero-order chi connectivity index (χ0) is 15.2. The number of hydrogen-bond donors (Lipinski definition) is 1. The highest BCUT2D eigenvalue weighted by atomic mass is 16.5. The van der Waals surface area contributed by atoms with Crippen LogP contribution in [0.1, 0.15) is 58.8 Å². The highest BCUT2D eigenvalue weighted by Gasteiger charge is 2.39. The Morgan fingerprint density at radius 2 is 2.05 bits per heavy atom. The summed E-state index contributed by atoms with van der Waals surface area (Å²) in [4.78, 5) is 26.5. The van der Waals surface area contributed by atoms with Gasteiger partial charge in [0, 0.05) is 13.2 Å². The molecule has 21 heavy (non-hydrogen) atoms. The topological polar surface area (TPSA) is 58.6 Å². The minimum atomic E-state index is -0.336. The Labute approximate surface area is 127 Å². The van der Waals surface area contributed by atoms with Crippen LogP contribution in [0.2, 0.25) is 0 Å². The second-order valence-electron chi connectivity index (χ2n) is 6.08. The van der Waals surface area contributed by atoms with Gasteiger partial charge in [-0.3, -0.25) is 9.59 Å². The Hall–Kier alpha value is -1.10. The van der Waals surface area contributed by atoms with Gasteiger partial charge in [-0.1, -0.05) is 20.3 Å². The van der Waals surface area contributed by atoms with E-state index in [-0.39, 0.29) is 30.0 Å².